The third-order valence-corrected chi connectivity index (χ3v) is 14.0. The zero-order valence-electron chi connectivity index (χ0n) is 52.0. The second kappa shape index (κ2) is 39.7. The highest BCUT2D eigenvalue weighted by atomic mass is 32.2. The van der Waals surface area contributed by atoms with Crippen LogP contribution in [0.5, 0.6) is 0 Å². The first-order valence-corrected chi connectivity index (χ1v) is 31.5. The molecule has 0 saturated carbocycles. The van der Waals surface area contributed by atoms with Gasteiger partial charge in [0.2, 0.25) is 29.5 Å². The van der Waals surface area contributed by atoms with Crippen molar-refractivity contribution in [3.05, 3.63) is 58.2 Å². The molecule has 0 aromatic rings. The van der Waals surface area contributed by atoms with Crippen LogP contribution in [0.15, 0.2) is 58.2 Å². The van der Waals surface area contributed by atoms with Gasteiger partial charge in [0.15, 0.2) is 0 Å². The normalized spacial score (nSPS) is 16.1. The number of allylic oxidation sites excluding steroid dienone is 4. The van der Waals surface area contributed by atoms with Crippen molar-refractivity contribution < 1.29 is 91.9 Å². The van der Waals surface area contributed by atoms with E-state index in [2.05, 4.69) is 22.5 Å². The van der Waals surface area contributed by atoms with Crippen LogP contribution in [-0.4, -0.2) is 200 Å². The van der Waals surface area contributed by atoms with Crippen LogP contribution < -0.4 is 16.0 Å². The van der Waals surface area contributed by atoms with E-state index in [1.807, 2.05) is 18.8 Å². The van der Waals surface area contributed by atoms with Crippen LogP contribution >= 0.6 is 35.3 Å². The molecule has 3 aliphatic heterocycles. The van der Waals surface area contributed by atoms with Crippen LogP contribution in [0.3, 0.4) is 0 Å². The molecule has 0 fully saturated rings. The number of amides is 5. The Morgan fingerprint density at radius 2 is 1.14 bits per heavy atom. The predicted octanol–water partition coefficient (Wildman–Crippen LogP) is 4.90. The number of carboxylic acid groups (broad SMARTS) is 3. The number of hydrogen-bond donors (Lipinski definition) is 6. The molecule has 0 aromatic heterocycles. The summed E-state index contributed by atoms with van der Waals surface area (Å²) < 4.78 is 15.1. The third kappa shape index (κ3) is 30.9. The SMILES string of the molecule is C=CCOC(=O)/C=C(\C)NCC(=O)OC(C)(C)C.CSCCCC(=O)CC1C(=O)N(CC(=O)OC(C)(C)C)C(C)=C1C(=O)O.CSCCNC(=O)CN1C(=O)C(CC(C)=O)CC(C(=O)O)=C1C.CSCCNC(=O)CN1C(=O)CCC(C(=O)O)=C1C. The molecule has 5 amide bonds. The van der Waals surface area contributed by atoms with Gasteiger partial charge >= 0.3 is 35.8 Å². The van der Waals surface area contributed by atoms with E-state index in [4.69, 9.17) is 19.3 Å². The fourth-order valence-corrected chi connectivity index (χ4v) is 9.18. The predicted molar refractivity (Wildman–Crippen MR) is 327 cm³/mol. The lowest BCUT2D eigenvalue weighted by Crippen LogP contribution is -2.46. The molecule has 28 heteroatoms. The van der Waals surface area contributed by atoms with Gasteiger partial charge in [0.25, 0.3) is 0 Å². The van der Waals surface area contributed by atoms with Crippen molar-refractivity contribution in [1.29, 1.82) is 0 Å². The van der Waals surface area contributed by atoms with E-state index < -0.39 is 58.8 Å². The number of carboxylic acids is 3. The van der Waals surface area contributed by atoms with Gasteiger partial charge in [-0.1, -0.05) is 12.7 Å². The molecule has 86 heavy (non-hydrogen) atoms. The van der Waals surface area contributed by atoms with Crippen molar-refractivity contribution >= 4 is 112 Å². The minimum atomic E-state index is -1.25. The number of ether oxygens (including phenoxy) is 3. The molecular weight excluding hydrogens is 1180 g/mol. The standard InChI is InChI=1S/C18H27NO6S.C15H22N2O5S.C13H21NO4.C12H18N2O4S/c1-11-15(17(23)24)13(9-12(20)7-6-8-26-5)16(22)19(11)10-14(21)25-18(2,3)4;1-9(18)6-11-7-12(15(21)22)10(2)17(14(11)20)8-13(19)16-4-5-23-3;1-6-7-17-11(15)8-10(2)14-9-12(16)18-13(3,4)5;1-8-9(12(17)18)3-4-11(16)14(8)7-10(15)13-5-6-19-2/h13H,6-10H2,1-5H3,(H,23,24);11H,4-8H2,1-3H3,(H,16,19)(H,21,22);6,8,14H,1,7,9H2,2-5H3;3-7H2,1-2H3,(H,13,15)(H,17,18)/b;;10-8+;. The smallest absolute Gasteiger partial charge is 0.334 e. The van der Waals surface area contributed by atoms with Crippen molar-refractivity contribution in [2.75, 3.05) is 81.9 Å². The number of hydrogen-bond acceptors (Lipinski definition) is 20. The van der Waals surface area contributed by atoms with Gasteiger partial charge in [0, 0.05) is 85.1 Å². The first-order chi connectivity index (χ1) is 40.0. The molecular formula is C58H88N6O19S3. The summed E-state index contributed by atoms with van der Waals surface area (Å²) >= 11 is 4.82. The minimum absolute atomic E-state index is 0.00828. The van der Waals surface area contributed by atoms with Gasteiger partial charge in [-0.15, -0.1) is 0 Å². The molecule has 0 aliphatic carbocycles. The number of Topliss-reactive ketones (excluding diaryl/α,β-unsaturated/α-hetero) is 2. The van der Waals surface area contributed by atoms with Crippen molar-refractivity contribution in [2.45, 2.75) is 132 Å². The first-order valence-electron chi connectivity index (χ1n) is 27.3. The summed E-state index contributed by atoms with van der Waals surface area (Å²) in [5.41, 5.74) is 0.302. The van der Waals surface area contributed by atoms with Crippen molar-refractivity contribution in [2.24, 2.45) is 11.8 Å². The molecule has 2 unspecified atom stereocenters. The molecule has 0 spiro atoms. The number of ketones is 2. The lowest BCUT2D eigenvalue weighted by Gasteiger charge is -2.33. The molecule has 3 aliphatic rings. The average molecular weight is 1270 g/mol. The fraction of sp³-hybridized carbons (Fsp3) is 0.603. The summed E-state index contributed by atoms with van der Waals surface area (Å²) in [7, 11) is 0. The average Bonchev–Trinajstić information content (AvgIpc) is 1.98. The molecule has 3 rings (SSSR count). The second-order valence-electron chi connectivity index (χ2n) is 21.5. The molecule has 0 bridgehead atoms. The van der Waals surface area contributed by atoms with E-state index >= 15 is 0 Å². The van der Waals surface area contributed by atoms with Gasteiger partial charge in [-0.3, -0.25) is 38.4 Å². The van der Waals surface area contributed by atoms with E-state index in [0.29, 0.717) is 37.3 Å². The van der Waals surface area contributed by atoms with E-state index in [1.54, 1.807) is 90.7 Å². The Hall–Kier alpha value is -6.94. The maximum absolute atomic E-state index is 12.7. The summed E-state index contributed by atoms with van der Waals surface area (Å²) in [6.45, 7) is 22.0. The van der Waals surface area contributed by atoms with Crippen LogP contribution in [0.4, 0.5) is 0 Å². The topological polar surface area (TPSA) is 356 Å². The van der Waals surface area contributed by atoms with Crippen LogP contribution in [0, 0.1) is 11.8 Å². The number of esters is 3. The molecule has 6 N–H and O–H groups in total. The monoisotopic (exact) mass is 1270 g/mol. The van der Waals surface area contributed by atoms with Crippen LogP contribution in [0.2, 0.25) is 0 Å². The van der Waals surface area contributed by atoms with Crippen LogP contribution in [-0.2, 0) is 76.5 Å². The summed E-state index contributed by atoms with van der Waals surface area (Å²) in [4.78, 5) is 156. The molecule has 0 aromatic carbocycles. The zero-order chi connectivity index (χ0) is 66.2. The molecule has 482 valence electrons. The number of aliphatic carboxylic acids is 3. The van der Waals surface area contributed by atoms with Gasteiger partial charge in [-0.05, 0) is 120 Å². The Morgan fingerprint density at radius 1 is 0.640 bits per heavy atom. The number of carbonyl (C=O) groups excluding carboxylic acids is 10. The second-order valence-corrected chi connectivity index (χ2v) is 24.5. The largest absolute Gasteiger partial charge is 0.478 e. The molecule has 2 atom stereocenters. The summed E-state index contributed by atoms with van der Waals surface area (Å²) in [6, 6.07) is 0. The summed E-state index contributed by atoms with van der Waals surface area (Å²) in [5, 5.41) is 35.9. The highest BCUT2D eigenvalue weighted by Crippen LogP contribution is 2.33. The van der Waals surface area contributed by atoms with Gasteiger partial charge in [0.05, 0.1) is 22.6 Å². The summed E-state index contributed by atoms with van der Waals surface area (Å²) in [6.07, 6.45) is 9.74. The molecule has 25 nitrogen and oxygen atoms in total. The van der Waals surface area contributed by atoms with Gasteiger partial charge in [-0.25, -0.2) is 19.2 Å². The van der Waals surface area contributed by atoms with E-state index in [0.717, 1.165) is 22.2 Å². The molecule has 3 heterocycles. The minimum Gasteiger partial charge on any atom is -0.478 e. The highest BCUT2D eigenvalue weighted by Gasteiger charge is 2.43. The number of nitrogens with one attached hydrogen (secondary N) is 3. The fourth-order valence-electron chi connectivity index (χ4n) is 8.14. The van der Waals surface area contributed by atoms with E-state index in [9.17, 15) is 72.5 Å². The molecule has 0 saturated heterocycles. The Bertz CT molecular complexity index is 2620. The maximum atomic E-state index is 12.7. The van der Waals surface area contributed by atoms with E-state index in [1.165, 1.54) is 42.7 Å². The van der Waals surface area contributed by atoms with Crippen molar-refractivity contribution in [3.8, 4) is 0 Å². The van der Waals surface area contributed by atoms with E-state index in [-0.39, 0.29) is 134 Å². The van der Waals surface area contributed by atoms with Gasteiger partial charge < -0.3 is 65.0 Å². The number of thioether (sulfide) groups is 3. The first kappa shape index (κ1) is 79.1. The van der Waals surface area contributed by atoms with Crippen molar-refractivity contribution in [1.82, 2.24) is 30.7 Å². The summed E-state index contributed by atoms with van der Waals surface area (Å²) in [5.74, 6) is -6.34. The quantitative estimate of drug-likeness (QED) is 0.0191. The zero-order valence-corrected chi connectivity index (χ0v) is 54.4. The number of nitrogens with zero attached hydrogens (tertiary/aromatic N) is 3. The highest BCUT2D eigenvalue weighted by molar-refractivity contribution is 7.99. The Kier molecular flexibility index (Phi) is 36.5. The lowest BCUT2D eigenvalue weighted by molar-refractivity contribution is -0.158. The number of rotatable bonds is 29. The lowest BCUT2D eigenvalue weighted by atomic mass is 9.88. The van der Waals surface area contributed by atoms with Crippen LogP contribution in [0.1, 0.15) is 121 Å². The van der Waals surface area contributed by atoms with Gasteiger partial charge in [0.1, 0.15) is 55.6 Å². The maximum Gasteiger partial charge on any atom is 0.334 e. The van der Waals surface area contributed by atoms with Crippen molar-refractivity contribution in [3.63, 3.8) is 0 Å². The third-order valence-electron chi connectivity index (χ3n) is 12.0. The Morgan fingerprint density at radius 3 is 1.62 bits per heavy atom. The molecule has 0 radical (unpaired) electrons. The van der Waals surface area contributed by atoms with Gasteiger partial charge in [-0.2, -0.15) is 35.3 Å². The Balaban J connectivity index is 0.00000113. The Labute approximate surface area is 516 Å². The van der Waals surface area contributed by atoms with Crippen LogP contribution in [0.25, 0.3) is 0 Å². The number of carbonyl (C=O) groups is 13.